The van der Waals surface area contributed by atoms with Crippen molar-refractivity contribution in [3.05, 3.63) is 11.1 Å². The van der Waals surface area contributed by atoms with E-state index in [9.17, 15) is 9.59 Å². The van der Waals surface area contributed by atoms with Gasteiger partial charge in [-0.2, -0.15) is 0 Å². The summed E-state index contributed by atoms with van der Waals surface area (Å²) in [6, 6.07) is 0. The van der Waals surface area contributed by atoms with Crippen molar-refractivity contribution in [1.82, 2.24) is 0 Å². The second-order valence-corrected chi connectivity index (χ2v) is 2.66. The number of ether oxygens (including phenoxy) is 2. The van der Waals surface area contributed by atoms with E-state index in [0.717, 1.165) is 0 Å². The fourth-order valence-corrected chi connectivity index (χ4v) is 0.663. The fraction of sp³-hybridized carbons (Fsp3) is 0.500. The molecule has 0 heterocycles. The molecule has 0 rings (SSSR count). The maximum Gasteiger partial charge on any atom is 0.306 e. The third-order valence-corrected chi connectivity index (χ3v) is 1.44. The van der Waals surface area contributed by atoms with E-state index in [-0.39, 0.29) is 5.03 Å². The van der Waals surface area contributed by atoms with Gasteiger partial charge in [-0.1, -0.05) is 17.7 Å². The van der Waals surface area contributed by atoms with Crippen LogP contribution in [0.4, 0.5) is 0 Å². The molecule has 0 N–H and O–H groups in total. The van der Waals surface area contributed by atoms with Gasteiger partial charge in [0, 0.05) is 13.8 Å². The lowest BCUT2D eigenvalue weighted by Crippen LogP contribution is -2.22. The highest BCUT2D eigenvalue weighted by Crippen LogP contribution is 2.13. The highest BCUT2D eigenvalue weighted by atomic mass is 35.5. The molecule has 0 saturated heterocycles. The molecule has 0 bridgehead atoms. The van der Waals surface area contributed by atoms with E-state index >= 15 is 0 Å². The van der Waals surface area contributed by atoms with Gasteiger partial charge >= 0.3 is 11.9 Å². The Balaban J connectivity index is 4.36. The second kappa shape index (κ2) is 5.59. The highest BCUT2D eigenvalue weighted by Gasteiger charge is 2.18. The van der Waals surface area contributed by atoms with Crippen LogP contribution in [0.15, 0.2) is 11.1 Å². The van der Waals surface area contributed by atoms with Gasteiger partial charge in [-0.3, -0.25) is 9.59 Å². The molecular weight excluding hydrogens is 196 g/mol. The Bertz CT molecular complexity index is 218. The Morgan fingerprint density at radius 3 is 1.85 bits per heavy atom. The first-order chi connectivity index (χ1) is 5.97. The molecule has 0 aliphatic heterocycles. The third kappa shape index (κ3) is 5.25. The first-order valence-corrected chi connectivity index (χ1v) is 4.01. The van der Waals surface area contributed by atoms with Crippen LogP contribution < -0.4 is 0 Å². The number of halogens is 1. The van der Waals surface area contributed by atoms with Crippen LogP contribution in [-0.2, 0) is 19.1 Å². The van der Waals surface area contributed by atoms with Crippen LogP contribution in [-0.4, -0.2) is 18.2 Å². The Labute approximate surface area is 81.5 Å². The number of carbonyl (C=O) groups is 2. The first kappa shape index (κ1) is 12.0. The topological polar surface area (TPSA) is 52.6 Å². The lowest BCUT2D eigenvalue weighted by atomic mass is 10.5. The zero-order valence-electron chi connectivity index (χ0n) is 7.67. The van der Waals surface area contributed by atoms with E-state index in [1.807, 2.05) is 0 Å². The molecule has 0 unspecified atom stereocenters. The van der Waals surface area contributed by atoms with Gasteiger partial charge in [0.25, 0.3) is 6.29 Å². The Morgan fingerprint density at radius 2 is 1.62 bits per heavy atom. The SMILES string of the molecule is CC=C(Cl)C(OC(C)=O)OC(C)=O. The molecule has 5 heteroatoms. The molecule has 0 aromatic carbocycles. The van der Waals surface area contributed by atoms with Crippen molar-refractivity contribution < 1.29 is 19.1 Å². The summed E-state index contributed by atoms with van der Waals surface area (Å²) in [5, 5.41) is 0.158. The van der Waals surface area contributed by atoms with Crippen molar-refractivity contribution in [2.45, 2.75) is 27.1 Å². The lowest BCUT2D eigenvalue weighted by Gasteiger charge is -2.15. The van der Waals surface area contributed by atoms with Crippen LogP contribution in [0.2, 0.25) is 0 Å². The largest absolute Gasteiger partial charge is 0.420 e. The molecule has 4 nitrogen and oxygen atoms in total. The maximum absolute atomic E-state index is 10.6. The van der Waals surface area contributed by atoms with Crippen molar-refractivity contribution in [2.75, 3.05) is 0 Å². The second-order valence-electron chi connectivity index (χ2n) is 2.22. The quantitative estimate of drug-likeness (QED) is 0.520. The van der Waals surface area contributed by atoms with Gasteiger partial charge in [0.15, 0.2) is 0 Å². The molecule has 0 fully saturated rings. The van der Waals surface area contributed by atoms with Crippen LogP contribution in [0, 0.1) is 0 Å². The van der Waals surface area contributed by atoms with E-state index in [4.69, 9.17) is 11.6 Å². The Kier molecular flexibility index (Phi) is 5.14. The van der Waals surface area contributed by atoms with E-state index in [2.05, 4.69) is 9.47 Å². The molecule has 0 aliphatic carbocycles. The monoisotopic (exact) mass is 206 g/mol. The summed E-state index contributed by atoms with van der Waals surface area (Å²) in [6.07, 6.45) is 0.361. The van der Waals surface area contributed by atoms with E-state index in [1.165, 1.54) is 19.9 Å². The zero-order valence-corrected chi connectivity index (χ0v) is 8.42. The fourth-order valence-electron chi connectivity index (χ4n) is 0.574. The van der Waals surface area contributed by atoms with Crippen LogP contribution in [0.1, 0.15) is 20.8 Å². The zero-order chi connectivity index (χ0) is 10.4. The van der Waals surface area contributed by atoms with E-state index in [0.29, 0.717) is 0 Å². The summed E-state index contributed by atoms with van der Waals surface area (Å²) >= 11 is 5.63. The lowest BCUT2D eigenvalue weighted by molar-refractivity contribution is -0.176. The predicted molar refractivity (Wildman–Crippen MR) is 46.9 cm³/mol. The molecule has 0 radical (unpaired) electrons. The number of hydrogen-bond donors (Lipinski definition) is 0. The van der Waals surface area contributed by atoms with Crippen molar-refractivity contribution in [1.29, 1.82) is 0 Å². The Morgan fingerprint density at radius 1 is 1.23 bits per heavy atom. The summed E-state index contributed by atoms with van der Waals surface area (Å²) in [6.45, 7) is 4.05. The molecule has 0 spiro atoms. The maximum atomic E-state index is 10.6. The highest BCUT2D eigenvalue weighted by molar-refractivity contribution is 6.30. The van der Waals surface area contributed by atoms with Crippen LogP contribution in [0.5, 0.6) is 0 Å². The molecule has 0 aromatic rings. The molecule has 13 heavy (non-hydrogen) atoms. The Hall–Kier alpha value is -1.03. The summed E-state index contributed by atoms with van der Waals surface area (Å²) in [5.41, 5.74) is 0. The van der Waals surface area contributed by atoms with Crippen LogP contribution in [0.3, 0.4) is 0 Å². The van der Waals surface area contributed by atoms with Gasteiger partial charge < -0.3 is 9.47 Å². The third-order valence-electron chi connectivity index (χ3n) is 1.05. The smallest absolute Gasteiger partial charge is 0.306 e. The van der Waals surface area contributed by atoms with Gasteiger partial charge in [0.2, 0.25) is 0 Å². The van der Waals surface area contributed by atoms with Gasteiger partial charge in [-0.15, -0.1) is 0 Å². The number of hydrogen-bond acceptors (Lipinski definition) is 4. The molecule has 0 aromatic heterocycles. The molecular formula is C8H11ClO4. The van der Waals surface area contributed by atoms with Crippen molar-refractivity contribution >= 4 is 23.5 Å². The van der Waals surface area contributed by atoms with Gasteiger partial charge in [-0.25, -0.2) is 0 Å². The number of allylic oxidation sites excluding steroid dienone is 1. The van der Waals surface area contributed by atoms with Crippen LogP contribution >= 0.6 is 11.6 Å². The predicted octanol–water partition coefficient (Wildman–Crippen LogP) is 1.58. The minimum atomic E-state index is -1.12. The average Bonchev–Trinajstić information content (AvgIpc) is 2.00. The summed E-state index contributed by atoms with van der Waals surface area (Å²) in [7, 11) is 0. The molecule has 74 valence electrons. The minimum Gasteiger partial charge on any atom is -0.420 e. The minimum absolute atomic E-state index is 0.158. The molecule has 0 aliphatic rings. The van der Waals surface area contributed by atoms with Crippen molar-refractivity contribution in [3.63, 3.8) is 0 Å². The number of rotatable bonds is 3. The van der Waals surface area contributed by atoms with Crippen molar-refractivity contribution in [3.8, 4) is 0 Å². The van der Waals surface area contributed by atoms with E-state index in [1.54, 1.807) is 6.92 Å². The molecule has 0 atom stereocenters. The van der Waals surface area contributed by atoms with Crippen molar-refractivity contribution in [2.24, 2.45) is 0 Å². The number of esters is 2. The molecule has 0 saturated carbocycles. The van der Waals surface area contributed by atoms with Crippen LogP contribution in [0.25, 0.3) is 0 Å². The summed E-state index contributed by atoms with van der Waals surface area (Å²) in [4.78, 5) is 21.1. The first-order valence-electron chi connectivity index (χ1n) is 3.63. The van der Waals surface area contributed by atoms with Gasteiger partial charge in [0.05, 0.1) is 5.03 Å². The standard InChI is InChI=1S/C8H11ClO4/c1-4-7(9)8(12-5(2)10)13-6(3)11/h4,8H,1-3H3. The molecule has 0 amide bonds. The summed E-state index contributed by atoms with van der Waals surface area (Å²) < 4.78 is 9.26. The van der Waals surface area contributed by atoms with Gasteiger partial charge in [0.1, 0.15) is 0 Å². The summed E-state index contributed by atoms with van der Waals surface area (Å²) in [5.74, 6) is -1.13. The van der Waals surface area contributed by atoms with E-state index < -0.39 is 18.2 Å². The van der Waals surface area contributed by atoms with Gasteiger partial charge in [-0.05, 0) is 6.92 Å². The normalized spacial score (nSPS) is 11.3. The average molecular weight is 207 g/mol. The number of carbonyl (C=O) groups excluding carboxylic acids is 2.